The van der Waals surface area contributed by atoms with E-state index in [1.165, 1.54) is 0 Å². The van der Waals surface area contributed by atoms with Gasteiger partial charge in [0, 0.05) is 11.8 Å². The van der Waals surface area contributed by atoms with E-state index in [9.17, 15) is 4.79 Å². The van der Waals surface area contributed by atoms with Crippen LogP contribution in [0, 0.1) is 0 Å². The summed E-state index contributed by atoms with van der Waals surface area (Å²) in [5, 5.41) is 15.4. The van der Waals surface area contributed by atoms with Gasteiger partial charge < -0.3 is 11.1 Å². The molecule has 3 N–H and O–H groups in total. The Morgan fingerprint density at radius 1 is 1.67 bits per heavy atom. The highest BCUT2D eigenvalue weighted by Gasteiger charge is 2.04. The molecule has 1 heterocycles. The minimum atomic E-state index is -0.698. The van der Waals surface area contributed by atoms with Crippen molar-refractivity contribution in [2.24, 2.45) is 10.4 Å². The average molecular weight is 214 g/mol. The molecule has 0 fully saturated rings. The molecule has 1 aromatic rings. The van der Waals surface area contributed by atoms with Crippen LogP contribution in [0.25, 0.3) is 0 Å². The van der Waals surface area contributed by atoms with Gasteiger partial charge in [0.2, 0.25) is 5.82 Å². The Morgan fingerprint density at radius 2 is 2.47 bits per heavy atom. The van der Waals surface area contributed by atoms with Crippen LogP contribution in [0.5, 0.6) is 0 Å². The molecule has 1 amide bonds. The lowest BCUT2D eigenvalue weighted by Gasteiger charge is -1.97. The molecule has 0 aliphatic rings. The number of rotatable bonds is 4. The van der Waals surface area contributed by atoms with E-state index < -0.39 is 6.09 Å². The molecule has 0 aromatic carbocycles. The molecule has 0 bridgehead atoms. The number of nitrogens with two attached hydrogens (primary N) is 1. The first-order valence-electron chi connectivity index (χ1n) is 4.18. The largest absolute Gasteiger partial charge is 0.434 e. The number of nitrogens with one attached hydrogen (secondary N) is 1. The summed E-state index contributed by atoms with van der Waals surface area (Å²) in [7, 11) is 0. The Balaban J connectivity index is 2.34. The predicted molar refractivity (Wildman–Crippen MR) is 48.0 cm³/mol. The van der Waals surface area contributed by atoms with Gasteiger partial charge in [0.1, 0.15) is 0 Å². The van der Waals surface area contributed by atoms with Gasteiger partial charge in [0.15, 0.2) is 0 Å². The monoisotopic (exact) mass is 214 g/mol. The third-order valence-corrected chi connectivity index (χ3v) is 1.27. The van der Waals surface area contributed by atoms with Crippen molar-refractivity contribution in [3.05, 3.63) is 0 Å². The van der Waals surface area contributed by atoms with Gasteiger partial charge in [0.05, 0.1) is 0 Å². The zero-order chi connectivity index (χ0) is 11.1. The fourth-order valence-corrected chi connectivity index (χ4v) is 0.616. The lowest BCUT2D eigenvalue weighted by molar-refractivity contribution is 0.142. The van der Waals surface area contributed by atoms with Gasteiger partial charge in [-0.05, 0) is 16.7 Å². The summed E-state index contributed by atoms with van der Waals surface area (Å²) < 4.78 is 4.23. The van der Waals surface area contributed by atoms with Crippen molar-refractivity contribution in [2.75, 3.05) is 12.3 Å². The highest BCUT2D eigenvalue weighted by molar-refractivity contribution is 5.66. The lowest BCUT2D eigenvalue weighted by atomic mass is 10.5. The molecule has 9 heteroatoms. The number of aromatic nitrogens is 2. The van der Waals surface area contributed by atoms with E-state index in [1.54, 1.807) is 0 Å². The number of anilines is 1. The summed E-state index contributed by atoms with van der Waals surface area (Å²) >= 11 is 0. The van der Waals surface area contributed by atoms with Crippen LogP contribution in [0.1, 0.15) is 13.3 Å². The van der Waals surface area contributed by atoms with Crippen LogP contribution in [-0.2, 0) is 4.84 Å². The van der Waals surface area contributed by atoms with Gasteiger partial charge in [-0.25, -0.2) is 9.42 Å². The Bertz CT molecular complexity index is 348. The molecule has 0 aliphatic heterocycles. The van der Waals surface area contributed by atoms with Crippen molar-refractivity contribution >= 4 is 17.7 Å². The average Bonchev–Trinajstić information content (AvgIpc) is 2.61. The van der Waals surface area contributed by atoms with Crippen LogP contribution >= 0.6 is 0 Å². The van der Waals surface area contributed by atoms with E-state index in [-0.39, 0.29) is 11.6 Å². The third-order valence-electron chi connectivity index (χ3n) is 1.27. The number of hydrogen-bond donors (Lipinski definition) is 2. The van der Waals surface area contributed by atoms with Gasteiger partial charge in [-0.3, -0.25) is 4.84 Å². The molecule has 9 nitrogen and oxygen atoms in total. The first kappa shape index (κ1) is 10.9. The molecule has 0 spiro atoms. The molecule has 1 rings (SSSR count). The highest BCUT2D eigenvalue weighted by Crippen LogP contribution is 2.14. The fraction of sp³-hybridized carbons (Fsp3) is 0.500. The minimum Gasteiger partial charge on any atom is -0.378 e. The SMILES string of the molecule is CCCNC(=O)ON=Nc1nonc1N. The van der Waals surface area contributed by atoms with Crippen LogP contribution < -0.4 is 11.1 Å². The summed E-state index contributed by atoms with van der Waals surface area (Å²) in [5.74, 6) is -0.0744. The number of carbonyl (C=O) groups excluding carboxylic acids is 1. The molecule has 82 valence electrons. The van der Waals surface area contributed by atoms with Gasteiger partial charge >= 0.3 is 6.09 Å². The maximum Gasteiger partial charge on any atom is 0.434 e. The summed E-state index contributed by atoms with van der Waals surface area (Å²) in [6.45, 7) is 2.41. The Kier molecular flexibility index (Phi) is 4.01. The summed E-state index contributed by atoms with van der Waals surface area (Å²) in [4.78, 5) is 15.2. The van der Waals surface area contributed by atoms with E-state index in [0.717, 1.165) is 6.42 Å². The Labute approximate surface area is 84.6 Å². The smallest absolute Gasteiger partial charge is 0.378 e. The van der Waals surface area contributed by atoms with Gasteiger partial charge in [-0.1, -0.05) is 12.0 Å². The molecule has 0 radical (unpaired) electrons. The molecular weight excluding hydrogens is 204 g/mol. The maximum atomic E-state index is 10.8. The fourth-order valence-electron chi connectivity index (χ4n) is 0.616. The second-order valence-corrected chi connectivity index (χ2v) is 2.46. The van der Waals surface area contributed by atoms with E-state index in [2.05, 4.69) is 35.5 Å². The van der Waals surface area contributed by atoms with Crippen LogP contribution in [0.4, 0.5) is 16.4 Å². The molecule has 0 atom stereocenters. The molecule has 0 saturated carbocycles. The second kappa shape index (κ2) is 5.52. The van der Waals surface area contributed by atoms with E-state index in [1.807, 2.05) is 6.92 Å². The van der Waals surface area contributed by atoms with Crippen LogP contribution in [0.2, 0.25) is 0 Å². The normalized spacial score (nSPS) is 10.5. The molecule has 1 aromatic heterocycles. The minimum absolute atomic E-state index is 0.0312. The Morgan fingerprint density at radius 3 is 3.07 bits per heavy atom. The van der Waals surface area contributed by atoms with Crippen molar-refractivity contribution in [1.29, 1.82) is 0 Å². The van der Waals surface area contributed by atoms with Crippen molar-refractivity contribution in [1.82, 2.24) is 15.6 Å². The van der Waals surface area contributed by atoms with Gasteiger partial charge in [-0.2, -0.15) is 0 Å². The number of hydrogen-bond acceptors (Lipinski definition) is 8. The molecular formula is C6H10N6O3. The summed E-state index contributed by atoms with van der Waals surface area (Å²) in [6, 6.07) is 0. The van der Waals surface area contributed by atoms with Crippen LogP contribution in [0.15, 0.2) is 15.0 Å². The second-order valence-electron chi connectivity index (χ2n) is 2.46. The topological polar surface area (TPSA) is 128 Å². The van der Waals surface area contributed by atoms with Crippen molar-refractivity contribution in [3.8, 4) is 0 Å². The molecule has 15 heavy (non-hydrogen) atoms. The van der Waals surface area contributed by atoms with Crippen molar-refractivity contribution < 1.29 is 14.3 Å². The van der Waals surface area contributed by atoms with E-state index in [4.69, 9.17) is 5.73 Å². The van der Waals surface area contributed by atoms with E-state index >= 15 is 0 Å². The summed E-state index contributed by atoms with van der Waals surface area (Å²) in [6.07, 6.45) is 0.0995. The number of amides is 1. The van der Waals surface area contributed by atoms with Crippen LogP contribution in [-0.4, -0.2) is 23.0 Å². The lowest BCUT2D eigenvalue weighted by Crippen LogP contribution is -2.22. The Hall–Kier alpha value is -2.19. The third kappa shape index (κ3) is 3.58. The highest BCUT2D eigenvalue weighted by atomic mass is 16.7. The predicted octanol–water partition coefficient (Wildman–Crippen LogP) is 0.787. The number of nitrogen functional groups attached to an aromatic ring is 1. The van der Waals surface area contributed by atoms with Crippen LogP contribution in [0.3, 0.4) is 0 Å². The first-order chi connectivity index (χ1) is 7.24. The van der Waals surface area contributed by atoms with Gasteiger partial charge in [-0.15, -0.1) is 0 Å². The zero-order valence-corrected chi connectivity index (χ0v) is 8.01. The number of nitrogens with zero attached hydrogens (tertiary/aromatic N) is 4. The summed E-state index contributed by atoms with van der Waals surface area (Å²) in [5.41, 5.74) is 5.26. The molecule has 0 saturated heterocycles. The number of carbonyl (C=O) groups is 1. The first-order valence-corrected chi connectivity index (χ1v) is 4.18. The zero-order valence-electron chi connectivity index (χ0n) is 8.01. The van der Waals surface area contributed by atoms with E-state index in [0.29, 0.717) is 6.54 Å². The quantitative estimate of drug-likeness (QED) is 0.563. The molecule has 0 aliphatic carbocycles. The molecule has 0 unspecified atom stereocenters. The standard InChI is InChI=1S/C6H10N6O3/c1-2-3-8-6(13)14-12-9-5-4(7)10-15-11-5/h2-3H2,1H3,(H2,7,10)(H,8,13). The maximum absolute atomic E-state index is 10.8. The van der Waals surface area contributed by atoms with Gasteiger partial charge in [0.25, 0.3) is 5.82 Å². The van der Waals surface area contributed by atoms with Crippen molar-refractivity contribution in [2.45, 2.75) is 13.3 Å². The van der Waals surface area contributed by atoms with Crippen molar-refractivity contribution in [3.63, 3.8) is 0 Å².